The molecule has 0 fully saturated rings. The summed E-state index contributed by atoms with van der Waals surface area (Å²) < 4.78 is 10.3. The summed E-state index contributed by atoms with van der Waals surface area (Å²) in [6.07, 6.45) is 1.30. The SMILES string of the molecule is CNCCCC(=O)Nc1cc(OC)cc(OC)c1. The maximum Gasteiger partial charge on any atom is 0.224 e. The molecule has 5 heteroatoms. The van der Waals surface area contributed by atoms with E-state index in [-0.39, 0.29) is 5.91 Å². The Bertz CT molecular complexity index is 372. The molecule has 0 bridgehead atoms. The molecule has 18 heavy (non-hydrogen) atoms. The quantitative estimate of drug-likeness (QED) is 0.724. The zero-order valence-corrected chi connectivity index (χ0v) is 11.1. The second-order valence-corrected chi connectivity index (χ2v) is 3.86. The highest BCUT2D eigenvalue weighted by Gasteiger charge is 2.05. The number of carbonyl (C=O) groups is 1. The highest BCUT2D eigenvalue weighted by molar-refractivity contribution is 5.91. The third-order valence-electron chi connectivity index (χ3n) is 2.47. The Morgan fingerprint density at radius 2 is 1.78 bits per heavy atom. The first kappa shape index (κ1) is 14.3. The number of hydrogen-bond donors (Lipinski definition) is 2. The van der Waals surface area contributed by atoms with Gasteiger partial charge in [-0.25, -0.2) is 0 Å². The van der Waals surface area contributed by atoms with Crippen LogP contribution in [0.5, 0.6) is 11.5 Å². The molecule has 0 spiro atoms. The zero-order valence-electron chi connectivity index (χ0n) is 11.1. The second-order valence-electron chi connectivity index (χ2n) is 3.86. The van der Waals surface area contributed by atoms with E-state index in [1.807, 2.05) is 7.05 Å². The molecule has 1 aromatic rings. The van der Waals surface area contributed by atoms with Crippen molar-refractivity contribution in [2.45, 2.75) is 12.8 Å². The lowest BCUT2D eigenvalue weighted by atomic mass is 10.2. The van der Waals surface area contributed by atoms with Gasteiger partial charge in [-0.2, -0.15) is 0 Å². The van der Waals surface area contributed by atoms with Crippen molar-refractivity contribution in [3.05, 3.63) is 18.2 Å². The van der Waals surface area contributed by atoms with Crippen LogP contribution in [0.1, 0.15) is 12.8 Å². The molecule has 0 unspecified atom stereocenters. The normalized spacial score (nSPS) is 9.94. The van der Waals surface area contributed by atoms with Crippen LogP contribution in [0.25, 0.3) is 0 Å². The number of amides is 1. The van der Waals surface area contributed by atoms with Gasteiger partial charge in [-0.15, -0.1) is 0 Å². The smallest absolute Gasteiger partial charge is 0.224 e. The van der Waals surface area contributed by atoms with Crippen LogP contribution in [0.4, 0.5) is 5.69 Å². The van der Waals surface area contributed by atoms with E-state index >= 15 is 0 Å². The van der Waals surface area contributed by atoms with Crippen LogP contribution >= 0.6 is 0 Å². The van der Waals surface area contributed by atoms with Crippen LogP contribution in [0.15, 0.2) is 18.2 Å². The van der Waals surface area contributed by atoms with E-state index in [0.29, 0.717) is 23.6 Å². The topological polar surface area (TPSA) is 59.6 Å². The van der Waals surface area contributed by atoms with Gasteiger partial charge in [-0.3, -0.25) is 4.79 Å². The van der Waals surface area contributed by atoms with Gasteiger partial charge in [0.05, 0.1) is 14.2 Å². The van der Waals surface area contributed by atoms with E-state index in [9.17, 15) is 4.79 Å². The molecule has 0 aliphatic carbocycles. The Labute approximate surface area is 107 Å². The molecular weight excluding hydrogens is 232 g/mol. The van der Waals surface area contributed by atoms with Gasteiger partial charge in [-0.1, -0.05) is 0 Å². The number of anilines is 1. The molecule has 0 radical (unpaired) electrons. The third kappa shape index (κ3) is 4.63. The first-order valence-electron chi connectivity index (χ1n) is 5.87. The van der Waals surface area contributed by atoms with E-state index < -0.39 is 0 Å². The van der Waals surface area contributed by atoms with Crippen LogP contribution in [0.2, 0.25) is 0 Å². The largest absolute Gasteiger partial charge is 0.497 e. The Kier molecular flexibility index (Phi) is 6.00. The standard InChI is InChI=1S/C13H20N2O3/c1-14-6-4-5-13(16)15-10-7-11(17-2)9-12(8-10)18-3/h7-9,14H,4-6H2,1-3H3,(H,15,16). The van der Waals surface area contributed by atoms with Crippen LogP contribution in [-0.2, 0) is 4.79 Å². The highest BCUT2D eigenvalue weighted by atomic mass is 16.5. The van der Waals surface area contributed by atoms with Crippen molar-refractivity contribution in [2.24, 2.45) is 0 Å². The van der Waals surface area contributed by atoms with E-state index in [1.54, 1.807) is 32.4 Å². The lowest BCUT2D eigenvalue weighted by Crippen LogP contribution is -2.15. The van der Waals surface area contributed by atoms with Gasteiger partial charge in [0.25, 0.3) is 0 Å². The van der Waals surface area contributed by atoms with Crippen LogP contribution in [-0.4, -0.2) is 33.7 Å². The average molecular weight is 252 g/mol. The van der Waals surface area contributed by atoms with Gasteiger partial charge in [0, 0.05) is 30.3 Å². The molecule has 0 aromatic heterocycles. The van der Waals surface area contributed by atoms with Gasteiger partial charge in [0.15, 0.2) is 0 Å². The summed E-state index contributed by atoms with van der Waals surface area (Å²) in [5.74, 6) is 1.29. The maximum absolute atomic E-state index is 11.7. The van der Waals surface area contributed by atoms with Gasteiger partial charge < -0.3 is 20.1 Å². The molecular formula is C13H20N2O3. The van der Waals surface area contributed by atoms with Crippen molar-refractivity contribution >= 4 is 11.6 Å². The molecule has 100 valence electrons. The Morgan fingerprint density at radius 1 is 1.17 bits per heavy atom. The van der Waals surface area contributed by atoms with Crippen molar-refractivity contribution in [3.8, 4) is 11.5 Å². The summed E-state index contributed by atoms with van der Waals surface area (Å²) in [4.78, 5) is 11.7. The molecule has 1 aromatic carbocycles. The molecule has 0 aliphatic heterocycles. The molecule has 1 amide bonds. The monoisotopic (exact) mass is 252 g/mol. The molecule has 0 atom stereocenters. The Morgan fingerprint density at radius 3 is 2.28 bits per heavy atom. The number of nitrogens with one attached hydrogen (secondary N) is 2. The Hall–Kier alpha value is -1.75. The number of ether oxygens (including phenoxy) is 2. The van der Waals surface area contributed by atoms with Crippen molar-refractivity contribution in [2.75, 3.05) is 33.1 Å². The third-order valence-corrected chi connectivity index (χ3v) is 2.47. The van der Waals surface area contributed by atoms with Crippen molar-refractivity contribution in [1.82, 2.24) is 5.32 Å². The van der Waals surface area contributed by atoms with Crippen LogP contribution < -0.4 is 20.1 Å². The first-order chi connectivity index (χ1) is 8.69. The predicted octanol–water partition coefficient (Wildman–Crippen LogP) is 1.64. The fourth-order valence-corrected chi connectivity index (χ4v) is 1.53. The summed E-state index contributed by atoms with van der Waals surface area (Å²) in [5.41, 5.74) is 0.681. The lowest BCUT2D eigenvalue weighted by molar-refractivity contribution is -0.116. The van der Waals surface area contributed by atoms with E-state index in [2.05, 4.69) is 10.6 Å². The molecule has 0 aliphatic rings. The summed E-state index contributed by atoms with van der Waals surface area (Å²) in [6.45, 7) is 0.828. The minimum absolute atomic E-state index is 0.0134. The summed E-state index contributed by atoms with van der Waals surface area (Å²) in [7, 11) is 5.02. The van der Waals surface area contributed by atoms with Crippen molar-refractivity contribution in [1.29, 1.82) is 0 Å². The van der Waals surface area contributed by atoms with Gasteiger partial charge in [0.2, 0.25) is 5.91 Å². The number of rotatable bonds is 7. The van der Waals surface area contributed by atoms with E-state index in [0.717, 1.165) is 13.0 Å². The maximum atomic E-state index is 11.7. The predicted molar refractivity (Wildman–Crippen MR) is 71.3 cm³/mol. The van der Waals surface area contributed by atoms with Crippen LogP contribution in [0.3, 0.4) is 0 Å². The van der Waals surface area contributed by atoms with E-state index in [1.165, 1.54) is 0 Å². The highest BCUT2D eigenvalue weighted by Crippen LogP contribution is 2.25. The summed E-state index contributed by atoms with van der Waals surface area (Å²) in [6, 6.07) is 5.29. The minimum atomic E-state index is -0.0134. The molecule has 2 N–H and O–H groups in total. The second kappa shape index (κ2) is 7.55. The van der Waals surface area contributed by atoms with Gasteiger partial charge >= 0.3 is 0 Å². The summed E-state index contributed by atoms with van der Waals surface area (Å²) in [5, 5.41) is 5.83. The van der Waals surface area contributed by atoms with Crippen molar-refractivity contribution < 1.29 is 14.3 Å². The molecule has 1 rings (SSSR count). The fraction of sp³-hybridized carbons (Fsp3) is 0.462. The summed E-state index contributed by atoms with van der Waals surface area (Å²) >= 11 is 0. The number of hydrogen-bond acceptors (Lipinski definition) is 4. The molecule has 5 nitrogen and oxygen atoms in total. The van der Waals surface area contributed by atoms with Crippen molar-refractivity contribution in [3.63, 3.8) is 0 Å². The Balaban J connectivity index is 2.62. The van der Waals surface area contributed by atoms with Crippen LogP contribution in [0, 0.1) is 0 Å². The number of carbonyl (C=O) groups excluding carboxylic acids is 1. The molecule has 0 heterocycles. The minimum Gasteiger partial charge on any atom is -0.497 e. The fourth-order valence-electron chi connectivity index (χ4n) is 1.53. The van der Waals surface area contributed by atoms with Gasteiger partial charge in [-0.05, 0) is 20.0 Å². The first-order valence-corrected chi connectivity index (χ1v) is 5.87. The molecule has 0 saturated carbocycles. The molecule has 0 saturated heterocycles. The zero-order chi connectivity index (χ0) is 13.4. The number of methoxy groups -OCH3 is 2. The lowest BCUT2D eigenvalue weighted by Gasteiger charge is -2.09. The number of benzene rings is 1. The van der Waals surface area contributed by atoms with E-state index in [4.69, 9.17) is 9.47 Å². The van der Waals surface area contributed by atoms with Gasteiger partial charge in [0.1, 0.15) is 11.5 Å². The average Bonchev–Trinajstić information content (AvgIpc) is 2.38.